The lowest BCUT2D eigenvalue weighted by atomic mass is 10.2. The molecule has 0 aliphatic heterocycles. The Morgan fingerprint density at radius 3 is 2.90 bits per heavy atom. The molecule has 3 N–H and O–H groups in total. The van der Waals surface area contributed by atoms with Crippen LogP contribution < -0.4 is 11.1 Å². The van der Waals surface area contributed by atoms with Crippen LogP contribution in [0.4, 0.5) is 5.69 Å². The fourth-order valence-corrected chi connectivity index (χ4v) is 2.53. The number of hydrogen-bond donors (Lipinski definition) is 2. The minimum atomic E-state index is -0.234. The van der Waals surface area contributed by atoms with Gasteiger partial charge in [-0.1, -0.05) is 18.2 Å². The number of anilines is 1. The number of carbonyl (C=O) groups is 1. The van der Waals surface area contributed by atoms with E-state index in [2.05, 4.69) is 10.3 Å². The zero-order valence-corrected chi connectivity index (χ0v) is 12.9. The molecule has 0 bridgehead atoms. The minimum Gasteiger partial charge on any atom is -0.377 e. The standard InChI is InChI=1S/C15H19N3O2S/c1-3-20-8-11-6-4-5-7-12(11)17-14(19)13-9-21-15(18-13)10(2)16/h4-7,9-10H,3,8,16H2,1-2H3,(H,17,19). The fraction of sp³-hybridized carbons (Fsp3) is 0.333. The molecule has 0 radical (unpaired) electrons. The quantitative estimate of drug-likeness (QED) is 0.860. The van der Waals surface area contributed by atoms with E-state index in [1.54, 1.807) is 5.38 Å². The first-order valence-electron chi connectivity index (χ1n) is 6.79. The highest BCUT2D eigenvalue weighted by Crippen LogP contribution is 2.19. The second-order valence-electron chi connectivity index (χ2n) is 4.61. The molecular formula is C15H19N3O2S. The average Bonchev–Trinajstić information content (AvgIpc) is 2.96. The van der Waals surface area contributed by atoms with Gasteiger partial charge in [0.15, 0.2) is 0 Å². The molecular weight excluding hydrogens is 286 g/mol. The molecule has 1 amide bonds. The topological polar surface area (TPSA) is 77.2 Å². The largest absolute Gasteiger partial charge is 0.377 e. The summed E-state index contributed by atoms with van der Waals surface area (Å²) in [5, 5.41) is 5.35. The van der Waals surface area contributed by atoms with Crippen LogP contribution in [0.2, 0.25) is 0 Å². The van der Waals surface area contributed by atoms with Crippen LogP contribution in [0.1, 0.15) is 40.9 Å². The third-order valence-electron chi connectivity index (χ3n) is 2.87. The molecule has 0 spiro atoms. The second-order valence-corrected chi connectivity index (χ2v) is 5.50. The smallest absolute Gasteiger partial charge is 0.275 e. The van der Waals surface area contributed by atoms with Crippen molar-refractivity contribution in [2.24, 2.45) is 5.73 Å². The minimum absolute atomic E-state index is 0.165. The van der Waals surface area contributed by atoms with Crippen LogP contribution in [0.15, 0.2) is 29.6 Å². The van der Waals surface area contributed by atoms with Crippen molar-refractivity contribution in [2.45, 2.75) is 26.5 Å². The van der Waals surface area contributed by atoms with Crippen molar-refractivity contribution in [2.75, 3.05) is 11.9 Å². The van der Waals surface area contributed by atoms with Crippen LogP contribution in [0.5, 0.6) is 0 Å². The van der Waals surface area contributed by atoms with E-state index in [1.165, 1.54) is 11.3 Å². The average molecular weight is 305 g/mol. The molecule has 6 heteroatoms. The van der Waals surface area contributed by atoms with Crippen molar-refractivity contribution in [3.8, 4) is 0 Å². The van der Waals surface area contributed by atoms with Crippen molar-refractivity contribution in [1.82, 2.24) is 4.98 Å². The Bertz CT molecular complexity index is 610. The van der Waals surface area contributed by atoms with Gasteiger partial charge < -0.3 is 15.8 Å². The summed E-state index contributed by atoms with van der Waals surface area (Å²) in [6.45, 7) is 4.88. The number of nitrogens with zero attached hydrogens (tertiary/aromatic N) is 1. The summed E-state index contributed by atoms with van der Waals surface area (Å²) in [5.41, 5.74) is 7.83. The molecule has 0 aliphatic rings. The van der Waals surface area contributed by atoms with Crippen LogP contribution in [0.25, 0.3) is 0 Å². The van der Waals surface area contributed by atoms with E-state index >= 15 is 0 Å². The van der Waals surface area contributed by atoms with Gasteiger partial charge in [0.1, 0.15) is 10.7 Å². The predicted molar refractivity (Wildman–Crippen MR) is 84.4 cm³/mol. The Kier molecular flexibility index (Phi) is 5.44. The van der Waals surface area contributed by atoms with Crippen LogP contribution in [-0.4, -0.2) is 17.5 Å². The predicted octanol–water partition coefficient (Wildman–Crippen LogP) is 2.95. The van der Waals surface area contributed by atoms with Gasteiger partial charge in [-0.05, 0) is 19.9 Å². The maximum atomic E-state index is 12.2. The van der Waals surface area contributed by atoms with Crippen LogP contribution in [-0.2, 0) is 11.3 Å². The molecule has 1 aromatic heterocycles. The Morgan fingerprint density at radius 2 is 2.24 bits per heavy atom. The number of nitrogens with one attached hydrogen (secondary N) is 1. The van der Waals surface area contributed by atoms with Gasteiger partial charge in [0.05, 0.1) is 12.6 Å². The monoisotopic (exact) mass is 305 g/mol. The Morgan fingerprint density at radius 1 is 1.48 bits per heavy atom. The molecule has 21 heavy (non-hydrogen) atoms. The summed E-state index contributed by atoms with van der Waals surface area (Å²) >= 11 is 1.39. The number of benzene rings is 1. The first-order valence-corrected chi connectivity index (χ1v) is 7.67. The number of nitrogens with two attached hydrogens (primary N) is 1. The lowest BCUT2D eigenvalue weighted by molar-refractivity contribution is 0.102. The number of hydrogen-bond acceptors (Lipinski definition) is 5. The summed E-state index contributed by atoms with van der Waals surface area (Å²) in [5.74, 6) is -0.234. The summed E-state index contributed by atoms with van der Waals surface area (Å²) in [7, 11) is 0. The maximum absolute atomic E-state index is 12.2. The Balaban J connectivity index is 2.11. The lowest BCUT2D eigenvalue weighted by Gasteiger charge is -2.10. The highest BCUT2D eigenvalue weighted by molar-refractivity contribution is 7.09. The van der Waals surface area contributed by atoms with E-state index in [4.69, 9.17) is 10.5 Å². The third-order valence-corrected chi connectivity index (χ3v) is 3.92. The summed E-state index contributed by atoms with van der Waals surface area (Å²) in [4.78, 5) is 16.5. The lowest BCUT2D eigenvalue weighted by Crippen LogP contribution is -2.14. The molecule has 2 aromatic rings. The van der Waals surface area contributed by atoms with Gasteiger partial charge in [-0.25, -0.2) is 4.98 Å². The molecule has 1 aromatic carbocycles. The number of carbonyl (C=O) groups excluding carboxylic acids is 1. The van der Waals surface area contributed by atoms with Crippen molar-refractivity contribution in [3.05, 3.63) is 45.9 Å². The highest BCUT2D eigenvalue weighted by Gasteiger charge is 2.14. The molecule has 1 atom stereocenters. The molecule has 112 valence electrons. The number of thiazole rings is 1. The highest BCUT2D eigenvalue weighted by atomic mass is 32.1. The number of aromatic nitrogens is 1. The Labute approximate surface area is 128 Å². The summed E-state index contributed by atoms with van der Waals surface area (Å²) in [6, 6.07) is 7.41. The van der Waals surface area contributed by atoms with Gasteiger partial charge in [-0.3, -0.25) is 4.79 Å². The van der Waals surface area contributed by atoms with E-state index in [1.807, 2.05) is 38.1 Å². The molecule has 0 aliphatic carbocycles. The van der Waals surface area contributed by atoms with Gasteiger partial charge in [-0.15, -0.1) is 11.3 Å². The van der Waals surface area contributed by atoms with Gasteiger partial charge in [0.2, 0.25) is 0 Å². The van der Waals surface area contributed by atoms with Gasteiger partial charge in [0, 0.05) is 23.2 Å². The van der Waals surface area contributed by atoms with Crippen molar-refractivity contribution >= 4 is 22.9 Å². The number of rotatable bonds is 6. The first kappa shape index (κ1) is 15.6. The van der Waals surface area contributed by atoms with E-state index in [0.717, 1.165) is 16.3 Å². The second kappa shape index (κ2) is 7.31. The molecule has 1 heterocycles. The number of ether oxygens (including phenoxy) is 1. The fourth-order valence-electron chi connectivity index (χ4n) is 1.77. The number of amides is 1. The van der Waals surface area contributed by atoms with Gasteiger partial charge in [0.25, 0.3) is 5.91 Å². The van der Waals surface area contributed by atoms with Crippen LogP contribution in [0, 0.1) is 0 Å². The summed E-state index contributed by atoms with van der Waals surface area (Å²) < 4.78 is 5.40. The molecule has 2 rings (SSSR count). The molecule has 0 fully saturated rings. The SMILES string of the molecule is CCOCc1ccccc1NC(=O)c1csc(C(C)N)n1. The molecule has 5 nitrogen and oxygen atoms in total. The van der Waals surface area contributed by atoms with E-state index < -0.39 is 0 Å². The first-order chi connectivity index (χ1) is 10.1. The van der Waals surface area contributed by atoms with E-state index in [9.17, 15) is 4.79 Å². The van der Waals surface area contributed by atoms with Gasteiger partial charge >= 0.3 is 0 Å². The van der Waals surface area contributed by atoms with Crippen molar-refractivity contribution in [3.63, 3.8) is 0 Å². The summed E-state index contributed by atoms with van der Waals surface area (Å²) in [6.07, 6.45) is 0. The molecule has 0 saturated heterocycles. The maximum Gasteiger partial charge on any atom is 0.275 e. The van der Waals surface area contributed by atoms with Crippen LogP contribution in [0.3, 0.4) is 0 Å². The zero-order valence-electron chi connectivity index (χ0n) is 12.1. The number of para-hydroxylation sites is 1. The van der Waals surface area contributed by atoms with Crippen molar-refractivity contribution < 1.29 is 9.53 Å². The van der Waals surface area contributed by atoms with E-state index in [-0.39, 0.29) is 11.9 Å². The van der Waals surface area contributed by atoms with Crippen LogP contribution >= 0.6 is 11.3 Å². The van der Waals surface area contributed by atoms with Crippen molar-refractivity contribution in [1.29, 1.82) is 0 Å². The molecule has 1 unspecified atom stereocenters. The Hall–Kier alpha value is -1.76. The van der Waals surface area contributed by atoms with E-state index in [0.29, 0.717) is 18.9 Å². The third kappa shape index (κ3) is 4.10. The normalized spacial score (nSPS) is 12.1. The van der Waals surface area contributed by atoms with Gasteiger partial charge in [-0.2, -0.15) is 0 Å². The molecule has 0 saturated carbocycles. The zero-order chi connectivity index (χ0) is 15.2.